The highest BCUT2D eigenvalue weighted by Crippen LogP contribution is 2.32. The Morgan fingerprint density at radius 1 is 1.19 bits per heavy atom. The molecule has 2 heterocycles. The lowest BCUT2D eigenvalue weighted by Crippen LogP contribution is -2.34. The van der Waals surface area contributed by atoms with Crippen molar-refractivity contribution in [1.82, 2.24) is 4.31 Å². The molecule has 146 valence electrons. The molecule has 0 aliphatic carbocycles. The van der Waals surface area contributed by atoms with Crippen LogP contribution in [0.2, 0.25) is 0 Å². The number of sulfonamides is 1. The summed E-state index contributed by atoms with van der Waals surface area (Å²) in [6.45, 7) is -0.0952. The summed E-state index contributed by atoms with van der Waals surface area (Å²) < 4.78 is 57.2. The minimum atomic E-state index is -4.01. The predicted molar refractivity (Wildman–Crippen MR) is 102 cm³/mol. The van der Waals surface area contributed by atoms with Gasteiger partial charge < -0.3 is 4.74 Å². The van der Waals surface area contributed by atoms with Gasteiger partial charge in [0.2, 0.25) is 10.0 Å². The third-order valence-corrected chi connectivity index (χ3v) is 9.58. The van der Waals surface area contributed by atoms with Crippen molar-refractivity contribution in [1.29, 1.82) is 0 Å². The van der Waals surface area contributed by atoms with Gasteiger partial charge in [-0.2, -0.15) is 4.31 Å². The number of methoxy groups -OCH3 is 1. The van der Waals surface area contributed by atoms with Gasteiger partial charge in [0.1, 0.15) is 9.77 Å². The predicted octanol–water partition coefficient (Wildman–Crippen LogP) is 2.09. The molecule has 0 spiro atoms. The SMILES string of the molecule is COC(=O)c1sccc1S(=O)(=O)N1CCC(c2ccccc2)S(=O)(=O)CC1. The van der Waals surface area contributed by atoms with E-state index in [4.69, 9.17) is 0 Å². The molecule has 0 saturated carbocycles. The lowest BCUT2D eigenvalue weighted by Gasteiger charge is -2.19. The van der Waals surface area contributed by atoms with E-state index in [1.165, 1.54) is 18.6 Å². The quantitative estimate of drug-likeness (QED) is 0.690. The van der Waals surface area contributed by atoms with Gasteiger partial charge >= 0.3 is 5.97 Å². The second-order valence-electron chi connectivity index (χ2n) is 6.06. The first kappa shape index (κ1) is 20.0. The molecule has 1 atom stereocenters. The Morgan fingerprint density at radius 3 is 2.56 bits per heavy atom. The van der Waals surface area contributed by atoms with E-state index in [1.54, 1.807) is 30.3 Å². The van der Waals surface area contributed by atoms with Crippen molar-refractivity contribution >= 4 is 37.2 Å². The van der Waals surface area contributed by atoms with Gasteiger partial charge in [-0.25, -0.2) is 21.6 Å². The van der Waals surface area contributed by atoms with E-state index in [0.29, 0.717) is 5.56 Å². The highest BCUT2D eigenvalue weighted by atomic mass is 32.2. The highest BCUT2D eigenvalue weighted by Gasteiger charge is 2.37. The van der Waals surface area contributed by atoms with Crippen LogP contribution in [0.5, 0.6) is 0 Å². The Bertz CT molecular complexity index is 1030. The average molecular weight is 430 g/mol. The minimum Gasteiger partial charge on any atom is -0.465 e. The molecule has 10 heteroatoms. The van der Waals surface area contributed by atoms with E-state index in [9.17, 15) is 21.6 Å². The van der Waals surface area contributed by atoms with Gasteiger partial charge in [0.15, 0.2) is 9.84 Å². The van der Waals surface area contributed by atoms with Crippen molar-refractivity contribution in [2.75, 3.05) is 26.0 Å². The van der Waals surface area contributed by atoms with Crippen molar-refractivity contribution in [2.24, 2.45) is 0 Å². The Hall–Kier alpha value is -1.75. The number of thiophene rings is 1. The molecule has 1 unspecified atom stereocenters. The van der Waals surface area contributed by atoms with Crippen LogP contribution in [0.1, 0.15) is 26.9 Å². The van der Waals surface area contributed by atoms with Crippen molar-refractivity contribution in [3.63, 3.8) is 0 Å². The van der Waals surface area contributed by atoms with Gasteiger partial charge in [-0.05, 0) is 23.4 Å². The van der Waals surface area contributed by atoms with Crippen molar-refractivity contribution in [3.05, 3.63) is 52.2 Å². The number of ether oxygens (including phenoxy) is 1. The number of hydrogen-bond donors (Lipinski definition) is 0. The van der Waals surface area contributed by atoms with Gasteiger partial charge in [-0.1, -0.05) is 30.3 Å². The normalized spacial score (nSPS) is 20.7. The highest BCUT2D eigenvalue weighted by molar-refractivity contribution is 7.92. The summed E-state index contributed by atoms with van der Waals surface area (Å²) in [5.41, 5.74) is 0.655. The van der Waals surface area contributed by atoms with Crippen LogP contribution in [-0.4, -0.2) is 53.1 Å². The number of nitrogens with zero attached hydrogens (tertiary/aromatic N) is 1. The zero-order valence-corrected chi connectivity index (χ0v) is 17.0. The van der Waals surface area contributed by atoms with Gasteiger partial charge in [0.05, 0.1) is 18.1 Å². The number of rotatable bonds is 4. The summed E-state index contributed by atoms with van der Waals surface area (Å²) in [6.07, 6.45) is 0.156. The standard InChI is InChI=1S/C17H19NO6S3/c1-24-17(19)16-15(8-11-25-16)27(22,23)18-9-7-14(26(20,21)12-10-18)13-5-3-2-4-6-13/h2-6,8,11,14H,7,9-10,12H2,1H3. The van der Waals surface area contributed by atoms with E-state index in [0.717, 1.165) is 15.6 Å². The molecular weight excluding hydrogens is 410 g/mol. The topological polar surface area (TPSA) is 97.8 Å². The molecule has 1 fully saturated rings. The molecule has 1 aromatic carbocycles. The molecule has 27 heavy (non-hydrogen) atoms. The molecule has 0 radical (unpaired) electrons. The van der Waals surface area contributed by atoms with Crippen molar-refractivity contribution in [3.8, 4) is 0 Å². The fourth-order valence-electron chi connectivity index (χ4n) is 3.09. The Labute approximate surface area is 162 Å². The maximum absolute atomic E-state index is 13.0. The van der Waals surface area contributed by atoms with E-state index in [1.807, 2.05) is 0 Å². The van der Waals surface area contributed by atoms with Crippen LogP contribution in [0, 0.1) is 0 Å². The summed E-state index contributed by atoms with van der Waals surface area (Å²) in [7, 11) is -6.32. The number of esters is 1. The van der Waals surface area contributed by atoms with Gasteiger partial charge in [0, 0.05) is 13.1 Å². The summed E-state index contributed by atoms with van der Waals surface area (Å²) in [5, 5.41) is 0.752. The molecule has 7 nitrogen and oxygen atoms in total. The Morgan fingerprint density at radius 2 is 1.89 bits per heavy atom. The van der Waals surface area contributed by atoms with Crippen LogP contribution < -0.4 is 0 Å². The number of carbonyl (C=O) groups excluding carboxylic acids is 1. The summed E-state index contributed by atoms with van der Waals surface area (Å²) in [5.74, 6) is -1.00. The largest absolute Gasteiger partial charge is 0.465 e. The maximum atomic E-state index is 13.0. The molecule has 0 amide bonds. The molecule has 1 aromatic heterocycles. The van der Waals surface area contributed by atoms with Crippen molar-refractivity contribution < 1.29 is 26.4 Å². The molecule has 3 rings (SSSR count). The summed E-state index contributed by atoms with van der Waals surface area (Å²) in [6, 6.07) is 10.1. The molecule has 1 saturated heterocycles. The second kappa shape index (κ2) is 7.70. The summed E-state index contributed by atoms with van der Waals surface area (Å²) >= 11 is 0.977. The number of sulfone groups is 1. The lowest BCUT2D eigenvalue weighted by molar-refractivity contribution is 0.0602. The summed E-state index contributed by atoms with van der Waals surface area (Å²) in [4.78, 5) is 11.7. The first-order valence-corrected chi connectivity index (χ1v) is 12.2. The zero-order chi connectivity index (χ0) is 19.7. The van der Waals surface area contributed by atoms with Crippen LogP contribution in [0.3, 0.4) is 0 Å². The van der Waals surface area contributed by atoms with Crippen LogP contribution in [-0.2, 0) is 24.6 Å². The average Bonchev–Trinajstić information content (AvgIpc) is 3.08. The molecule has 0 bridgehead atoms. The molecule has 1 aliphatic heterocycles. The minimum absolute atomic E-state index is 0.00999. The third-order valence-electron chi connectivity index (χ3n) is 4.49. The van der Waals surface area contributed by atoms with Crippen molar-refractivity contribution in [2.45, 2.75) is 16.6 Å². The monoisotopic (exact) mass is 429 g/mol. The fraction of sp³-hybridized carbons (Fsp3) is 0.353. The van der Waals surface area contributed by atoms with E-state index < -0.39 is 31.1 Å². The number of carbonyl (C=O) groups is 1. The molecule has 0 N–H and O–H groups in total. The third kappa shape index (κ3) is 3.93. The fourth-order valence-corrected chi connectivity index (χ4v) is 7.76. The van der Waals surface area contributed by atoms with Crippen LogP contribution in [0.4, 0.5) is 0 Å². The smallest absolute Gasteiger partial charge is 0.349 e. The van der Waals surface area contributed by atoms with Gasteiger partial charge in [-0.3, -0.25) is 0 Å². The first-order chi connectivity index (χ1) is 12.8. The second-order valence-corrected chi connectivity index (χ2v) is 11.2. The first-order valence-electron chi connectivity index (χ1n) is 8.20. The number of benzene rings is 1. The maximum Gasteiger partial charge on any atom is 0.349 e. The molecule has 2 aromatic rings. The van der Waals surface area contributed by atoms with Crippen LogP contribution in [0.25, 0.3) is 0 Å². The van der Waals surface area contributed by atoms with E-state index in [2.05, 4.69) is 4.74 Å². The van der Waals surface area contributed by atoms with Crippen LogP contribution in [0.15, 0.2) is 46.7 Å². The molecular formula is C17H19NO6S3. The lowest BCUT2D eigenvalue weighted by atomic mass is 10.1. The van der Waals surface area contributed by atoms with Gasteiger partial charge in [0.25, 0.3) is 0 Å². The Balaban J connectivity index is 1.92. The zero-order valence-electron chi connectivity index (χ0n) is 14.6. The van der Waals surface area contributed by atoms with Gasteiger partial charge in [-0.15, -0.1) is 11.3 Å². The number of hydrogen-bond acceptors (Lipinski definition) is 7. The Kier molecular flexibility index (Phi) is 5.71. The van der Waals surface area contributed by atoms with E-state index in [-0.39, 0.29) is 35.0 Å². The van der Waals surface area contributed by atoms with Crippen LogP contribution >= 0.6 is 11.3 Å². The van der Waals surface area contributed by atoms with E-state index >= 15 is 0 Å². The molecule has 1 aliphatic rings.